The Morgan fingerprint density at radius 1 is 0.873 bits per heavy atom. The quantitative estimate of drug-likeness (QED) is 0.156. The minimum absolute atomic E-state index is 0.278. The van der Waals surface area contributed by atoms with Gasteiger partial charge in [0.1, 0.15) is 0 Å². The Hall–Kier alpha value is -5.66. The number of anilines is 1. The van der Waals surface area contributed by atoms with E-state index in [1.165, 1.54) is 67.1 Å². The van der Waals surface area contributed by atoms with E-state index in [0.29, 0.717) is 5.92 Å². The first kappa shape index (κ1) is 37.6. The van der Waals surface area contributed by atoms with Gasteiger partial charge >= 0.3 is 0 Å². The molecule has 0 aromatic heterocycles. The molecule has 0 spiro atoms. The van der Waals surface area contributed by atoms with Crippen LogP contribution in [-0.4, -0.2) is 0 Å². The molecule has 0 fully saturated rings. The Bertz CT molecular complexity index is 2220. The van der Waals surface area contributed by atoms with Crippen LogP contribution in [0, 0.1) is 5.92 Å². The maximum absolute atomic E-state index is 4.22. The molecular weight excluding hydrogens is 663 g/mol. The normalized spacial score (nSPS) is 22.6. The maximum atomic E-state index is 4.22. The van der Waals surface area contributed by atoms with Crippen LogP contribution >= 0.6 is 0 Å². The fourth-order valence-electron chi connectivity index (χ4n) is 8.28. The summed E-state index contributed by atoms with van der Waals surface area (Å²) in [6.07, 6.45) is 48.8. The highest BCUT2D eigenvalue weighted by atomic mass is 15.1. The molecular formula is C54H55N. The molecule has 2 aromatic carbocycles. The maximum Gasteiger partial charge on any atom is 0.0455 e. The number of fused-ring (bicyclic) bond motifs is 1. The molecule has 0 saturated heterocycles. The highest BCUT2D eigenvalue weighted by molar-refractivity contribution is 5.78. The Kier molecular flexibility index (Phi) is 12.1. The molecule has 0 bridgehead atoms. The lowest BCUT2D eigenvalue weighted by Crippen LogP contribution is -2.19. The van der Waals surface area contributed by atoms with Gasteiger partial charge in [-0.3, -0.25) is 0 Å². The molecule has 5 aliphatic rings. The summed E-state index contributed by atoms with van der Waals surface area (Å²) in [5.41, 5.74) is 18.1. The van der Waals surface area contributed by atoms with Gasteiger partial charge in [-0.2, -0.15) is 0 Å². The lowest BCUT2D eigenvalue weighted by atomic mass is 9.85. The zero-order valence-electron chi connectivity index (χ0n) is 32.8. The molecule has 55 heavy (non-hydrogen) atoms. The van der Waals surface area contributed by atoms with Crippen LogP contribution < -0.4 is 4.90 Å². The summed E-state index contributed by atoms with van der Waals surface area (Å²) in [5, 5.41) is 0. The van der Waals surface area contributed by atoms with Crippen molar-refractivity contribution in [2.45, 2.75) is 71.1 Å². The summed E-state index contributed by atoms with van der Waals surface area (Å²) in [5.74, 6) is 0.739. The van der Waals surface area contributed by atoms with E-state index in [-0.39, 0.29) is 5.92 Å². The first-order valence-electron chi connectivity index (χ1n) is 20.1. The van der Waals surface area contributed by atoms with Gasteiger partial charge in [-0.1, -0.05) is 146 Å². The Morgan fingerprint density at radius 2 is 1.73 bits per heavy atom. The molecule has 0 radical (unpaired) electrons. The molecule has 276 valence electrons. The number of benzene rings is 2. The van der Waals surface area contributed by atoms with Gasteiger partial charge in [-0.05, 0) is 145 Å². The Balaban J connectivity index is 1.37. The summed E-state index contributed by atoms with van der Waals surface area (Å²) in [6, 6.07) is 16.1. The number of hydrogen-bond donors (Lipinski definition) is 0. The fourth-order valence-corrected chi connectivity index (χ4v) is 8.28. The molecule has 0 amide bonds. The lowest BCUT2D eigenvalue weighted by Gasteiger charge is -2.29. The third kappa shape index (κ3) is 9.01. The first-order valence-corrected chi connectivity index (χ1v) is 20.1. The number of hydrogen-bond acceptors (Lipinski definition) is 1. The molecule has 0 heterocycles. The Morgan fingerprint density at radius 3 is 2.47 bits per heavy atom. The van der Waals surface area contributed by atoms with Gasteiger partial charge in [-0.25, -0.2) is 0 Å². The number of allylic oxidation sites excluding steroid dienone is 26. The minimum atomic E-state index is 0.278. The highest BCUT2D eigenvalue weighted by Gasteiger charge is 2.28. The van der Waals surface area contributed by atoms with Crippen LogP contribution in [0.4, 0.5) is 5.69 Å². The van der Waals surface area contributed by atoms with E-state index in [4.69, 9.17) is 0 Å². The predicted molar refractivity (Wildman–Crippen MR) is 240 cm³/mol. The summed E-state index contributed by atoms with van der Waals surface area (Å²) in [6.45, 7) is 16.7. The van der Waals surface area contributed by atoms with Gasteiger partial charge in [0.05, 0.1) is 0 Å². The standard InChI is InChI=1S/C54H55N/c1-6-9-19-41(7-2)44-27-29-46(30-28-44)53-32-31-50(37-54(53)45-22-14-11-15-23-45)55(38-39(4)33-42(8-3)43-20-12-10-13-21-43)51-35-48-25-16-18-40(5)52(48)26-17-24-47-34-49(47)36-51/h6-8,11-12,14-15,17-22,24,27-35,37-38,45,49H,1-3,9-10,13,16,23,25-26,36H2,4-5H3/b24-17-,39-38+,41-19+,42-33+,51-35+/t45?,49-/m0/s1. The number of nitrogens with zero attached hydrogens (tertiary/aromatic N) is 1. The molecule has 1 unspecified atom stereocenters. The van der Waals surface area contributed by atoms with Crippen LogP contribution in [0.5, 0.6) is 0 Å². The molecule has 0 aliphatic heterocycles. The van der Waals surface area contributed by atoms with E-state index in [0.717, 1.165) is 62.5 Å². The summed E-state index contributed by atoms with van der Waals surface area (Å²) >= 11 is 0. The van der Waals surface area contributed by atoms with Gasteiger partial charge in [0.25, 0.3) is 0 Å². The molecule has 0 saturated carbocycles. The second-order valence-corrected chi connectivity index (χ2v) is 15.2. The van der Waals surface area contributed by atoms with Crippen molar-refractivity contribution in [1.82, 2.24) is 0 Å². The van der Waals surface area contributed by atoms with Gasteiger partial charge in [0.2, 0.25) is 0 Å². The third-order valence-electron chi connectivity index (χ3n) is 11.4. The van der Waals surface area contributed by atoms with Gasteiger partial charge in [-0.15, -0.1) is 6.58 Å². The van der Waals surface area contributed by atoms with E-state index in [1.54, 1.807) is 0 Å². The zero-order valence-corrected chi connectivity index (χ0v) is 32.8. The van der Waals surface area contributed by atoms with Crippen molar-refractivity contribution >= 4 is 11.3 Å². The van der Waals surface area contributed by atoms with Crippen LogP contribution in [-0.2, 0) is 0 Å². The SMILES string of the molecule is C=CC/C=C(\C=C)c1ccc(-c2ccc(N(/C=C(C)/C=C(\C=C)C3=CCCC=C3)/C3=C/C4=C(C/C=C\C5=C[C@H]5C3)C(C)=CCC4)cc2C2C=CC=CC2)cc1. The van der Waals surface area contributed by atoms with Crippen molar-refractivity contribution in [3.63, 3.8) is 0 Å². The van der Waals surface area contributed by atoms with Gasteiger partial charge < -0.3 is 4.90 Å². The van der Waals surface area contributed by atoms with E-state index in [9.17, 15) is 0 Å². The van der Waals surface area contributed by atoms with Crippen LogP contribution in [0.25, 0.3) is 16.7 Å². The largest absolute Gasteiger partial charge is 0.321 e. The van der Waals surface area contributed by atoms with Crippen LogP contribution in [0.2, 0.25) is 0 Å². The van der Waals surface area contributed by atoms with Crippen molar-refractivity contribution < 1.29 is 0 Å². The second-order valence-electron chi connectivity index (χ2n) is 15.2. The molecule has 7 rings (SSSR count). The fraction of sp³-hybridized carbons (Fsp3) is 0.222. The van der Waals surface area contributed by atoms with Crippen molar-refractivity contribution in [2.75, 3.05) is 4.90 Å². The predicted octanol–water partition coefficient (Wildman–Crippen LogP) is 15.0. The molecule has 5 aliphatic carbocycles. The summed E-state index contributed by atoms with van der Waals surface area (Å²) in [7, 11) is 0. The van der Waals surface area contributed by atoms with Crippen LogP contribution in [0.1, 0.15) is 82.3 Å². The average molecular weight is 718 g/mol. The smallest absolute Gasteiger partial charge is 0.0455 e. The lowest BCUT2D eigenvalue weighted by molar-refractivity contribution is 0.824. The topological polar surface area (TPSA) is 3.24 Å². The zero-order chi connectivity index (χ0) is 38.1. The summed E-state index contributed by atoms with van der Waals surface area (Å²) in [4.78, 5) is 2.50. The molecule has 0 N–H and O–H groups in total. The van der Waals surface area contributed by atoms with E-state index in [2.05, 4.69) is 172 Å². The van der Waals surface area contributed by atoms with E-state index < -0.39 is 0 Å². The van der Waals surface area contributed by atoms with Gasteiger partial charge in [0.15, 0.2) is 0 Å². The van der Waals surface area contributed by atoms with Crippen LogP contribution in [0.15, 0.2) is 216 Å². The molecule has 2 aromatic rings. The second kappa shape index (κ2) is 17.7. The monoisotopic (exact) mass is 717 g/mol. The molecule has 1 heteroatoms. The Labute approximate surface area is 330 Å². The van der Waals surface area contributed by atoms with Crippen molar-refractivity contribution in [2.24, 2.45) is 5.92 Å². The van der Waals surface area contributed by atoms with E-state index in [1.807, 2.05) is 18.2 Å². The molecule has 1 nitrogen and oxygen atoms in total. The summed E-state index contributed by atoms with van der Waals surface area (Å²) < 4.78 is 0. The van der Waals surface area contributed by atoms with Crippen molar-refractivity contribution in [1.29, 1.82) is 0 Å². The van der Waals surface area contributed by atoms with Crippen molar-refractivity contribution in [3.8, 4) is 11.1 Å². The minimum Gasteiger partial charge on any atom is -0.321 e. The average Bonchev–Trinajstić information content (AvgIpc) is 3.98. The number of rotatable bonds is 12. The van der Waals surface area contributed by atoms with E-state index >= 15 is 0 Å². The van der Waals surface area contributed by atoms with Gasteiger partial charge in [0, 0.05) is 29.4 Å². The highest BCUT2D eigenvalue weighted by Crippen LogP contribution is 2.43. The first-order chi connectivity index (χ1) is 26.9. The molecule has 2 atom stereocenters. The third-order valence-corrected chi connectivity index (χ3v) is 11.4. The van der Waals surface area contributed by atoms with Crippen LogP contribution in [0.3, 0.4) is 0 Å². The van der Waals surface area contributed by atoms with Crippen molar-refractivity contribution in [3.05, 3.63) is 228 Å².